The normalized spacial score (nSPS) is 13.6. The van der Waals surface area contributed by atoms with Gasteiger partial charge in [-0.2, -0.15) is 5.10 Å². The zero-order valence-electron chi connectivity index (χ0n) is 12.4. The van der Waals surface area contributed by atoms with Crippen molar-refractivity contribution in [3.63, 3.8) is 0 Å². The lowest BCUT2D eigenvalue weighted by molar-refractivity contribution is 0.0954. The topological polar surface area (TPSA) is 72.8 Å². The predicted octanol–water partition coefficient (Wildman–Crippen LogP) is 2.77. The second kappa shape index (κ2) is 6.78. The van der Waals surface area contributed by atoms with E-state index in [0.717, 1.165) is 15.8 Å². The van der Waals surface area contributed by atoms with E-state index in [1.807, 2.05) is 25.1 Å². The fourth-order valence-electron chi connectivity index (χ4n) is 2.07. The van der Waals surface area contributed by atoms with Gasteiger partial charge in [0.1, 0.15) is 13.2 Å². The van der Waals surface area contributed by atoms with E-state index in [1.54, 1.807) is 12.3 Å². The summed E-state index contributed by atoms with van der Waals surface area (Å²) in [4.78, 5) is 16.0. The molecule has 0 atom stereocenters. The van der Waals surface area contributed by atoms with Crippen LogP contribution in [0.5, 0.6) is 11.5 Å². The molecule has 6 nitrogen and oxygen atoms in total. The van der Waals surface area contributed by atoms with Gasteiger partial charge >= 0.3 is 0 Å². The van der Waals surface area contributed by atoms with Gasteiger partial charge in [0, 0.05) is 22.4 Å². The second-order valence-corrected chi connectivity index (χ2v) is 5.80. The van der Waals surface area contributed by atoms with Crippen LogP contribution < -0.4 is 14.9 Å². The van der Waals surface area contributed by atoms with Crippen molar-refractivity contribution in [2.45, 2.75) is 6.92 Å². The Morgan fingerprint density at radius 2 is 1.96 bits per heavy atom. The number of hydrogen-bond donors (Lipinski definition) is 1. The molecule has 1 amide bonds. The molecular formula is C16H14BrN3O3. The third-order valence-electron chi connectivity index (χ3n) is 3.25. The van der Waals surface area contributed by atoms with Crippen molar-refractivity contribution >= 4 is 27.5 Å². The number of nitrogens with one attached hydrogen (secondary N) is 1. The number of pyridine rings is 1. The first kappa shape index (κ1) is 15.5. The number of hydrogen-bond acceptors (Lipinski definition) is 5. The molecule has 0 radical (unpaired) electrons. The summed E-state index contributed by atoms with van der Waals surface area (Å²) in [6, 6.07) is 7.24. The maximum absolute atomic E-state index is 12.0. The standard InChI is InChI=1S/C16H14BrN3O3/c1-10(11-2-3-14-15(7-11)23-5-4-22-14)19-20-16(21)12-6-13(17)9-18-8-12/h2-3,6-9H,4-5H2,1H3,(H,20,21)/b19-10+. The van der Waals surface area contributed by atoms with Crippen LogP contribution in [0.3, 0.4) is 0 Å². The third kappa shape index (κ3) is 3.68. The first-order chi connectivity index (χ1) is 11.1. The number of benzene rings is 1. The van der Waals surface area contributed by atoms with Crippen molar-refractivity contribution in [2.75, 3.05) is 13.2 Å². The monoisotopic (exact) mass is 375 g/mol. The van der Waals surface area contributed by atoms with E-state index in [1.165, 1.54) is 6.20 Å². The van der Waals surface area contributed by atoms with Gasteiger partial charge < -0.3 is 9.47 Å². The van der Waals surface area contributed by atoms with E-state index in [2.05, 4.69) is 31.4 Å². The zero-order chi connectivity index (χ0) is 16.2. The molecule has 0 saturated carbocycles. The van der Waals surface area contributed by atoms with Crippen LogP contribution in [-0.2, 0) is 0 Å². The Bertz CT molecular complexity index is 777. The number of amides is 1. The van der Waals surface area contributed by atoms with Gasteiger partial charge in [-0.05, 0) is 47.1 Å². The highest BCUT2D eigenvalue weighted by molar-refractivity contribution is 9.10. The smallest absolute Gasteiger partial charge is 0.272 e. The van der Waals surface area contributed by atoms with Gasteiger partial charge in [-0.1, -0.05) is 0 Å². The highest BCUT2D eigenvalue weighted by atomic mass is 79.9. The van der Waals surface area contributed by atoms with Crippen LogP contribution in [0.15, 0.2) is 46.2 Å². The quantitative estimate of drug-likeness (QED) is 0.661. The number of aromatic nitrogens is 1. The van der Waals surface area contributed by atoms with Gasteiger partial charge in [-0.15, -0.1) is 0 Å². The third-order valence-corrected chi connectivity index (χ3v) is 3.69. The molecule has 23 heavy (non-hydrogen) atoms. The number of nitrogens with zero attached hydrogens (tertiary/aromatic N) is 2. The molecule has 2 aromatic rings. The van der Waals surface area contributed by atoms with E-state index in [4.69, 9.17) is 9.47 Å². The summed E-state index contributed by atoms with van der Waals surface area (Å²) in [5.41, 5.74) is 4.46. The minimum absolute atomic E-state index is 0.323. The molecule has 0 bridgehead atoms. The first-order valence-electron chi connectivity index (χ1n) is 6.99. The minimum Gasteiger partial charge on any atom is -0.486 e. The molecule has 7 heteroatoms. The summed E-state index contributed by atoms with van der Waals surface area (Å²) in [6.45, 7) is 2.89. The van der Waals surface area contributed by atoms with E-state index in [9.17, 15) is 4.79 Å². The lowest BCUT2D eigenvalue weighted by Gasteiger charge is -2.18. The molecule has 3 rings (SSSR count). The number of carbonyl (C=O) groups is 1. The average molecular weight is 376 g/mol. The molecule has 0 aliphatic carbocycles. The van der Waals surface area contributed by atoms with E-state index >= 15 is 0 Å². The number of halogens is 1. The van der Waals surface area contributed by atoms with E-state index < -0.39 is 0 Å². The molecule has 1 aliphatic rings. The second-order valence-electron chi connectivity index (χ2n) is 4.89. The fourth-order valence-corrected chi connectivity index (χ4v) is 2.43. The Labute approximate surface area is 141 Å². The predicted molar refractivity (Wildman–Crippen MR) is 89.0 cm³/mol. The highest BCUT2D eigenvalue weighted by Crippen LogP contribution is 2.30. The van der Waals surface area contributed by atoms with E-state index in [-0.39, 0.29) is 5.91 Å². The number of fused-ring (bicyclic) bond motifs is 1. The van der Waals surface area contributed by atoms with Gasteiger partial charge in [0.2, 0.25) is 0 Å². The van der Waals surface area contributed by atoms with Gasteiger partial charge in [0.25, 0.3) is 5.91 Å². The van der Waals surface area contributed by atoms with Crippen LogP contribution in [0.1, 0.15) is 22.8 Å². The van der Waals surface area contributed by atoms with Crippen molar-refractivity contribution in [3.05, 3.63) is 52.3 Å². The van der Waals surface area contributed by atoms with Crippen LogP contribution >= 0.6 is 15.9 Å². The Morgan fingerprint density at radius 1 is 1.17 bits per heavy atom. The molecule has 2 heterocycles. The molecule has 0 fully saturated rings. The molecule has 1 aliphatic heterocycles. The Kier molecular flexibility index (Phi) is 4.57. The molecule has 1 N–H and O–H groups in total. The largest absolute Gasteiger partial charge is 0.486 e. The highest BCUT2D eigenvalue weighted by Gasteiger charge is 2.13. The fraction of sp³-hybridized carbons (Fsp3) is 0.188. The SMILES string of the molecule is C/C(=N\NC(=O)c1cncc(Br)c1)c1ccc2c(c1)OCCO2. The maximum Gasteiger partial charge on any atom is 0.272 e. The number of hydrazone groups is 1. The number of carbonyl (C=O) groups excluding carboxylic acids is 1. The van der Waals surface area contributed by atoms with Crippen molar-refractivity contribution in [1.29, 1.82) is 0 Å². The summed E-state index contributed by atoms with van der Waals surface area (Å²) in [7, 11) is 0. The number of rotatable bonds is 3. The number of ether oxygens (including phenoxy) is 2. The lowest BCUT2D eigenvalue weighted by Crippen LogP contribution is -2.20. The van der Waals surface area contributed by atoms with Crippen LogP contribution in [0.4, 0.5) is 0 Å². The van der Waals surface area contributed by atoms with Crippen LogP contribution in [0.25, 0.3) is 0 Å². The van der Waals surface area contributed by atoms with Gasteiger partial charge in [-0.25, -0.2) is 5.43 Å². The van der Waals surface area contributed by atoms with Crippen LogP contribution in [-0.4, -0.2) is 29.8 Å². The van der Waals surface area contributed by atoms with Gasteiger partial charge in [0.15, 0.2) is 11.5 Å². The zero-order valence-corrected chi connectivity index (χ0v) is 14.0. The Morgan fingerprint density at radius 3 is 2.74 bits per heavy atom. The minimum atomic E-state index is -0.323. The summed E-state index contributed by atoms with van der Waals surface area (Å²) >= 11 is 3.28. The maximum atomic E-state index is 12.0. The molecule has 1 aromatic heterocycles. The van der Waals surface area contributed by atoms with Crippen LogP contribution in [0.2, 0.25) is 0 Å². The molecule has 1 aromatic carbocycles. The molecule has 0 spiro atoms. The summed E-state index contributed by atoms with van der Waals surface area (Å²) in [5, 5.41) is 4.13. The molecule has 0 unspecified atom stereocenters. The molecule has 0 saturated heterocycles. The van der Waals surface area contributed by atoms with E-state index in [0.29, 0.717) is 30.2 Å². The Hall–Kier alpha value is -2.41. The Balaban J connectivity index is 1.73. The van der Waals surface area contributed by atoms with Gasteiger partial charge in [0.05, 0.1) is 11.3 Å². The summed E-state index contributed by atoms with van der Waals surface area (Å²) in [6.07, 6.45) is 3.09. The molecule has 118 valence electrons. The molecular weight excluding hydrogens is 362 g/mol. The lowest BCUT2D eigenvalue weighted by atomic mass is 10.1. The summed E-state index contributed by atoms with van der Waals surface area (Å²) in [5.74, 6) is 1.08. The van der Waals surface area contributed by atoms with Crippen molar-refractivity contribution in [3.8, 4) is 11.5 Å². The van der Waals surface area contributed by atoms with Gasteiger partial charge in [-0.3, -0.25) is 9.78 Å². The van der Waals surface area contributed by atoms with Crippen molar-refractivity contribution < 1.29 is 14.3 Å². The van der Waals surface area contributed by atoms with Crippen LogP contribution in [0, 0.1) is 0 Å². The summed E-state index contributed by atoms with van der Waals surface area (Å²) < 4.78 is 11.8. The average Bonchev–Trinajstić information content (AvgIpc) is 2.59. The van der Waals surface area contributed by atoms with Crippen molar-refractivity contribution in [2.24, 2.45) is 5.10 Å². The van der Waals surface area contributed by atoms with Crippen molar-refractivity contribution in [1.82, 2.24) is 10.4 Å². The first-order valence-corrected chi connectivity index (χ1v) is 7.78.